The fraction of sp³-hybridized carbons (Fsp3) is 1.00. The molecular formula is C23H50ClP. The zero-order chi connectivity index (χ0) is 18.9. The van der Waals surface area contributed by atoms with Crippen molar-refractivity contribution in [3.8, 4) is 0 Å². The normalized spacial score (nSPS) is 13.7. The molecule has 0 saturated heterocycles. The molecule has 0 radical (unpaired) electrons. The third kappa shape index (κ3) is 12.7. The Morgan fingerprint density at radius 3 is 1.04 bits per heavy atom. The second kappa shape index (κ2) is 15.7. The van der Waals surface area contributed by atoms with Gasteiger partial charge in [0, 0.05) is 0 Å². The molecule has 0 rings (SSSR count). The van der Waals surface area contributed by atoms with E-state index in [9.17, 15) is 0 Å². The van der Waals surface area contributed by atoms with Crippen LogP contribution in [-0.2, 0) is 0 Å². The number of halogens is 1. The van der Waals surface area contributed by atoms with Crippen LogP contribution < -0.4 is 0 Å². The first-order chi connectivity index (χ1) is 12.0. The van der Waals surface area contributed by atoms with E-state index in [0.717, 1.165) is 0 Å². The summed E-state index contributed by atoms with van der Waals surface area (Å²) in [6.45, 7) is 9.29. The second-order valence-corrected chi connectivity index (χ2v) is 16.9. The van der Waals surface area contributed by atoms with Gasteiger partial charge in [0.05, 0.1) is 0 Å². The Bertz CT molecular complexity index is 265. The fourth-order valence-corrected chi connectivity index (χ4v) is 11.3. The molecule has 0 spiro atoms. The molecule has 0 heterocycles. The Labute approximate surface area is 166 Å². The van der Waals surface area contributed by atoms with Crippen LogP contribution >= 0.6 is 17.2 Å². The molecule has 0 N–H and O–H groups in total. The Morgan fingerprint density at radius 2 is 0.680 bits per heavy atom. The first-order valence-corrected chi connectivity index (χ1v) is 15.6. The minimum absolute atomic E-state index is 1.31. The third-order valence-electron chi connectivity index (χ3n) is 6.03. The Morgan fingerprint density at radius 1 is 0.400 bits per heavy atom. The summed E-state index contributed by atoms with van der Waals surface area (Å²) in [6, 6.07) is 0. The number of hydrogen-bond donors (Lipinski definition) is 0. The molecule has 0 aromatic carbocycles. The second-order valence-electron chi connectivity index (χ2n) is 8.60. The van der Waals surface area contributed by atoms with E-state index in [4.69, 9.17) is 11.2 Å². The van der Waals surface area contributed by atoms with Crippen LogP contribution in [0.4, 0.5) is 0 Å². The first kappa shape index (κ1) is 25.7. The molecule has 0 aliphatic heterocycles. The van der Waals surface area contributed by atoms with E-state index in [2.05, 4.69) is 27.7 Å². The van der Waals surface area contributed by atoms with Crippen molar-refractivity contribution in [2.75, 3.05) is 24.6 Å². The van der Waals surface area contributed by atoms with Gasteiger partial charge < -0.3 is 0 Å². The van der Waals surface area contributed by atoms with Gasteiger partial charge in [-0.25, -0.2) is 0 Å². The minimum atomic E-state index is -1.96. The standard InChI is InChI=1S/C23H50ClP/c1-5-9-13-14-15-16-17-18-19-23-25(24,20-10-6-2,21-11-7-3)22-12-8-4/h5-23H2,1-4H3. The maximum atomic E-state index is 7.66. The molecule has 0 fully saturated rings. The van der Waals surface area contributed by atoms with Crippen molar-refractivity contribution in [3.63, 3.8) is 0 Å². The van der Waals surface area contributed by atoms with Crippen LogP contribution in [0.3, 0.4) is 0 Å². The molecule has 0 atom stereocenters. The van der Waals surface area contributed by atoms with Crippen LogP contribution in [0.1, 0.15) is 124 Å². The predicted octanol–water partition coefficient (Wildman–Crippen LogP) is 9.62. The van der Waals surface area contributed by atoms with E-state index in [1.807, 2.05) is 0 Å². The Balaban J connectivity index is 4.35. The van der Waals surface area contributed by atoms with Crippen molar-refractivity contribution in [1.29, 1.82) is 0 Å². The molecule has 0 unspecified atom stereocenters. The summed E-state index contributed by atoms with van der Waals surface area (Å²) in [6.07, 6.45) is 26.3. The Hall–Kier alpha value is 0.720. The molecular weight excluding hydrogens is 343 g/mol. The summed E-state index contributed by atoms with van der Waals surface area (Å²) in [5, 5.41) is 0. The summed E-state index contributed by atoms with van der Waals surface area (Å²) in [7, 11) is 0. The van der Waals surface area contributed by atoms with Crippen LogP contribution in [0.15, 0.2) is 0 Å². The van der Waals surface area contributed by atoms with Gasteiger partial charge in [-0.3, -0.25) is 0 Å². The van der Waals surface area contributed by atoms with Gasteiger partial charge in [0.1, 0.15) is 0 Å². The molecule has 0 aromatic rings. The van der Waals surface area contributed by atoms with Crippen LogP contribution in [0, 0.1) is 0 Å². The van der Waals surface area contributed by atoms with Gasteiger partial charge in [-0.15, -0.1) is 0 Å². The average molecular weight is 393 g/mol. The molecule has 2 heteroatoms. The van der Waals surface area contributed by atoms with Crippen molar-refractivity contribution in [1.82, 2.24) is 0 Å². The van der Waals surface area contributed by atoms with E-state index < -0.39 is 5.96 Å². The fourth-order valence-electron chi connectivity index (χ4n) is 4.15. The van der Waals surface area contributed by atoms with Gasteiger partial charge in [-0.05, 0) is 0 Å². The first-order valence-electron chi connectivity index (χ1n) is 11.8. The quantitative estimate of drug-likeness (QED) is 0.151. The molecule has 0 aliphatic carbocycles. The molecule has 0 amide bonds. The van der Waals surface area contributed by atoms with Gasteiger partial charge in [0.15, 0.2) is 0 Å². The van der Waals surface area contributed by atoms with Gasteiger partial charge in [0.25, 0.3) is 0 Å². The van der Waals surface area contributed by atoms with Gasteiger partial charge in [-0.2, -0.15) is 0 Å². The van der Waals surface area contributed by atoms with Crippen molar-refractivity contribution in [2.45, 2.75) is 124 Å². The summed E-state index contributed by atoms with van der Waals surface area (Å²) in [5.74, 6) is -1.96. The predicted molar refractivity (Wildman–Crippen MR) is 124 cm³/mol. The molecule has 0 aromatic heterocycles. The van der Waals surface area contributed by atoms with Crippen molar-refractivity contribution in [3.05, 3.63) is 0 Å². The molecule has 0 saturated carbocycles. The van der Waals surface area contributed by atoms with Crippen molar-refractivity contribution >= 4 is 17.2 Å². The van der Waals surface area contributed by atoms with E-state index in [1.54, 1.807) is 0 Å². The molecule has 25 heavy (non-hydrogen) atoms. The van der Waals surface area contributed by atoms with Crippen LogP contribution in [0.25, 0.3) is 0 Å². The molecule has 0 aliphatic rings. The zero-order valence-electron chi connectivity index (χ0n) is 18.3. The molecule has 154 valence electrons. The van der Waals surface area contributed by atoms with Crippen LogP contribution in [0.5, 0.6) is 0 Å². The summed E-state index contributed by atoms with van der Waals surface area (Å²) in [5.41, 5.74) is 0. The van der Waals surface area contributed by atoms with Crippen LogP contribution in [0.2, 0.25) is 0 Å². The number of unbranched alkanes of at least 4 members (excludes halogenated alkanes) is 11. The van der Waals surface area contributed by atoms with E-state index in [1.165, 1.54) is 121 Å². The average Bonchev–Trinajstić information content (AvgIpc) is 2.62. The Kier molecular flexibility index (Phi) is 16.2. The summed E-state index contributed by atoms with van der Waals surface area (Å²) in [4.78, 5) is 0. The third-order valence-corrected chi connectivity index (χ3v) is 13.8. The van der Waals surface area contributed by atoms with E-state index in [0.29, 0.717) is 0 Å². The number of rotatable bonds is 19. The van der Waals surface area contributed by atoms with Gasteiger partial charge in [-0.1, -0.05) is 0 Å². The van der Waals surface area contributed by atoms with Crippen LogP contribution in [-0.4, -0.2) is 24.6 Å². The molecule has 0 nitrogen and oxygen atoms in total. The summed E-state index contributed by atoms with van der Waals surface area (Å²) < 4.78 is 0. The topological polar surface area (TPSA) is 0 Å². The maximum absolute atomic E-state index is 7.66. The molecule has 0 bridgehead atoms. The monoisotopic (exact) mass is 392 g/mol. The van der Waals surface area contributed by atoms with Crippen molar-refractivity contribution in [2.24, 2.45) is 0 Å². The number of hydrogen-bond acceptors (Lipinski definition) is 0. The van der Waals surface area contributed by atoms with Gasteiger partial charge in [0.2, 0.25) is 0 Å². The van der Waals surface area contributed by atoms with E-state index in [-0.39, 0.29) is 0 Å². The summed E-state index contributed by atoms with van der Waals surface area (Å²) >= 11 is 7.66. The zero-order valence-corrected chi connectivity index (χ0v) is 19.9. The van der Waals surface area contributed by atoms with Crippen molar-refractivity contribution < 1.29 is 0 Å². The SMILES string of the molecule is CCCCCCCCCCCP(Cl)(CCCC)(CCCC)CCCC. The van der Waals surface area contributed by atoms with Gasteiger partial charge >= 0.3 is 166 Å². The van der Waals surface area contributed by atoms with E-state index >= 15 is 0 Å².